The molecule has 3 aromatic rings. The number of nitrogens with one attached hydrogen (secondary N) is 1. The average molecular weight is 492 g/mol. The summed E-state index contributed by atoms with van der Waals surface area (Å²) in [7, 11) is 0. The van der Waals surface area contributed by atoms with Crippen LogP contribution in [0.15, 0.2) is 60.7 Å². The first-order chi connectivity index (χ1) is 16.3. The number of aromatic nitrogens is 2. The van der Waals surface area contributed by atoms with Crippen LogP contribution in [0.5, 0.6) is 0 Å². The van der Waals surface area contributed by atoms with Gasteiger partial charge in [-0.05, 0) is 17.7 Å². The van der Waals surface area contributed by atoms with Crippen molar-refractivity contribution in [2.24, 2.45) is 0 Å². The monoisotopic (exact) mass is 491 g/mol. The van der Waals surface area contributed by atoms with Gasteiger partial charge in [-0.25, -0.2) is 4.68 Å². The Morgan fingerprint density at radius 2 is 1.62 bits per heavy atom. The van der Waals surface area contributed by atoms with Gasteiger partial charge in [0.1, 0.15) is 5.69 Å². The number of carbonyl (C=O) groups excluding carboxylic acids is 1. The van der Waals surface area contributed by atoms with Crippen LogP contribution in [0.25, 0.3) is 5.69 Å². The van der Waals surface area contributed by atoms with E-state index in [1.54, 1.807) is 12.1 Å². The molecule has 6 nitrogen and oxygen atoms in total. The molecule has 0 saturated carbocycles. The van der Waals surface area contributed by atoms with Crippen LogP contribution in [0.4, 0.5) is 13.2 Å². The summed E-state index contributed by atoms with van der Waals surface area (Å²) in [6, 6.07) is 17.4. The normalized spacial score (nSPS) is 15.4. The molecule has 0 spiro atoms. The van der Waals surface area contributed by atoms with E-state index in [2.05, 4.69) is 32.3 Å². The zero-order valence-electron chi connectivity index (χ0n) is 18.4. The van der Waals surface area contributed by atoms with Gasteiger partial charge in [0.15, 0.2) is 5.69 Å². The predicted octanol–water partition coefficient (Wildman–Crippen LogP) is 4.09. The number of para-hydroxylation sites is 1. The fraction of sp³-hybridized carbons (Fsp3) is 0.333. The number of halogens is 4. The maximum atomic E-state index is 13.3. The van der Waals surface area contributed by atoms with Crippen molar-refractivity contribution in [2.75, 3.05) is 39.3 Å². The molecule has 1 amide bonds. The van der Waals surface area contributed by atoms with Gasteiger partial charge in [-0.3, -0.25) is 14.6 Å². The minimum absolute atomic E-state index is 0.196. The Morgan fingerprint density at radius 3 is 2.29 bits per heavy atom. The van der Waals surface area contributed by atoms with Crippen molar-refractivity contribution in [1.29, 1.82) is 0 Å². The highest BCUT2D eigenvalue weighted by molar-refractivity contribution is 6.32. The highest BCUT2D eigenvalue weighted by Crippen LogP contribution is 2.30. The van der Waals surface area contributed by atoms with E-state index in [9.17, 15) is 18.0 Å². The van der Waals surface area contributed by atoms with Crippen LogP contribution >= 0.6 is 11.6 Å². The molecule has 0 bridgehead atoms. The molecule has 1 aliphatic heterocycles. The van der Waals surface area contributed by atoms with Crippen molar-refractivity contribution < 1.29 is 18.0 Å². The van der Waals surface area contributed by atoms with Crippen LogP contribution in [0.2, 0.25) is 5.02 Å². The Kier molecular flexibility index (Phi) is 7.55. The third-order valence-corrected chi connectivity index (χ3v) is 6.06. The summed E-state index contributed by atoms with van der Waals surface area (Å²) in [6.45, 7) is 5.37. The van der Waals surface area contributed by atoms with E-state index >= 15 is 0 Å². The highest BCUT2D eigenvalue weighted by atomic mass is 35.5. The zero-order chi connectivity index (χ0) is 24.1. The van der Waals surface area contributed by atoms with Crippen molar-refractivity contribution in [1.82, 2.24) is 24.9 Å². The molecule has 180 valence electrons. The first-order valence-corrected chi connectivity index (χ1v) is 11.4. The molecule has 1 fully saturated rings. The van der Waals surface area contributed by atoms with Gasteiger partial charge in [0.05, 0.1) is 10.7 Å². The van der Waals surface area contributed by atoms with Crippen LogP contribution in [-0.4, -0.2) is 64.8 Å². The molecular formula is C24H25ClF3N5O. The van der Waals surface area contributed by atoms with E-state index in [0.29, 0.717) is 13.1 Å². The number of benzene rings is 2. The smallest absolute Gasteiger partial charge is 0.349 e. The molecule has 0 radical (unpaired) electrons. The summed E-state index contributed by atoms with van der Waals surface area (Å²) in [6.07, 6.45) is -4.68. The fourth-order valence-corrected chi connectivity index (χ4v) is 4.14. The van der Waals surface area contributed by atoms with E-state index in [1.807, 2.05) is 18.2 Å². The lowest BCUT2D eigenvalue weighted by molar-refractivity contribution is -0.141. The van der Waals surface area contributed by atoms with E-state index in [1.165, 1.54) is 17.7 Å². The lowest BCUT2D eigenvalue weighted by Gasteiger charge is -2.34. The van der Waals surface area contributed by atoms with Crippen LogP contribution in [-0.2, 0) is 12.7 Å². The lowest BCUT2D eigenvalue weighted by atomic mass is 10.2. The Hall–Kier alpha value is -2.88. The Balaban J connectivity index is 1.34. The first kappa shape index (κ1) is 24.3. The third kappa shape index (κ3) is 5.97. The summed E-state index contributed by atoms with van der Waals surface area (Å²) in [4.78, 5) is 17.4. The Morgan fingerprint density at radius 1 is 0.971 bits per heavy atom. The molecule has 34 heavy (non-hydrogen) atoms. The van der Waals surface area contributed by atoms with E-state index < -0.39 is 17.8 Å². The standard InChI is InChI=1S/C24H25ClF3N5O/c25-19-8-4-5-9-20(19)33-21(16-22(30-33)24(26,27)28)23(34)29-10-11-31-12-14-32(15-13-31)17-18-6-2-1-3-7-18/h1-9,16H,10-15,17H2,(H,29,34). The Bertz CT molecular complexity index is 1110. The highest BCUT2D eigenvalue weighted by Gasteiger charge is 2.36. The van der Waals surface area contributed by atoms with Crippen molar-refractivity contribution in [2.45, 2.75) is 12.7 Å². The number of piperazine rings is 1. The first-order valence-electron chi connectivity index (χ1n) is 11.0. The molecule has 0 aliphatic carbocycles. The molecule has 1 aromatic heterocycles. The van der Waals surface area contributed by atoms with E-state index in [4.69, 9.17) is 11.6 Å². The zero-order valence-corrected chi connectivity index (χ0v) is 19.2. The molecule has 1 N–H and O–H groups in total. The Labute approximate surface area is 200 Å². The van der Waals surface area contributed by atoms with Crippen molar-refractivity contribution in [3.8, 4) is 5.69 Å². The molecule has 0 unspecified atom stereocenters. The summed E-state index contributed by atoms with van der Waals surface area (Å²) < 4.78 is 40.8. The lowest BCUT2D eigenvalue weighted by Crippen LogP contribution is -2.48. The fourth-order valence-electron chi connectivity index (χ4n) is 3.92. The van der Waals surface area contributed by atoms with Gasteiger partial charge in [-0.2, -0.15) is 18.3 Å². The molecule has 10 heteroatoms. The molecule has 2 heterocycles. The average Bonchev–Trinajstić information content (AvgIpc) is 3.27. The molecule has 4 rings (SSSR count). The second kappa shape index (κ2) is 10.6. The summed E-state index contributed by atoms with van der Waals surface area (Å²) in [5.41, 5.74) is 0.121. The summed E-state index contributed by atoms with van der Waals surface area (Å²) >= 11 is 6.14. The van der Waals surface area contributed by atoms with Crippen molar-refractivity contribution in [3.63, 3.8) is 0 Å². The van der Waals surface area contributed by atoms with Crippen LogP contribution in [0.3, 0.4) is 0 Å². The van der Waals surface area contributed by atoms with E-state index in [-0.39, 0.29) is 16.4 Å². The van der Waals surface area contributed by atoms with Crippen LogP contribution in [0.1, 0.15) is 21.7 Å². The van der Waals surface area contributed by atoms with Crippen LogP contribution < -0.4 is 5.32 Å². The van der Waals surface area contributed by atoms with Gasteiger partial charge in [0.2, 0.25) is 0 Å². The number of nitrogens with zero attached hydrogens (tertiary/aromatic N) is 4. The van der Waals surface area contributed by atoms with Crippen molar-refractivity contribution >= 4 is 17.5 Å². The van der Waals surface area contributed by atoms with Crippen molar-refractivity contribution in [3.05, 3.63) is 82.6 Å². The van der Waals surface area contributed by atoms with Gasteiger partial charge in [-0.1, -0.05) is 54.1 Å². The quantitative estimate of drug-likeness (QED) is 0.541. The number of alkyl halides is 3. The predicted molar refractivity (Wildman–Crippen MR) is 124 cm³/mol. The minimum atomic E-state index is -4.68. The SMILES string of the molecule is O=C(NCCN1CCN(Cc2ccccc2)CC1)c1cc(C(F)(F)F)nn1-c1ccccc1Cl. The second-order valence-corrected chi connectivity index (χ2v) is 8.54. The number of amides is 1. The van der Waals surface area contributed by atoms with Gasteiger partial charge in [0.25, 0.3) is 5.91 Å². The minimum Gasteiger partial charge on any atom is -0.349 e. The van der Waals surface area contributed by atoms with E-state index in [0.717, 1.165) is 43.5 Å². The van der Waals surface area contributed by atoms with Gasteiger partial charge in [-0.15, -0.1) is 0 Å². The second-order valence-electron chi connectivity index (χ2n) is 8.14. The van der Waals surface area contributed by atoms with Gasteiger partial charge < -0.3 is 5.32 Å². The molecule has 0 atom stereocenters. The molecular weight excluding hydrogens is 467 g/mol. The maximum Gasteiger partial charge on any atom is 0.435 e. The third-order valence-electron chi connectivity index (χ3n) is 5.74. The number of rotatable bonds is 7. The summed E-state index contributed by atoms with van der Waals surface area (Å²) in [5, 5.41) is 6.53. The largest absolute Gasteiger partial charge is 0.435 e. The number of carbonyl (C=O) groups is 1. The maximum absolute atomic E-state index is 13.3. The molecule has 2 aromatic carbocycles. The van der Waals surface area contributed by atoms with Gasteiger partial charge >= 0.3 is 6.18 Å². The number of hydrogen-bond donors (Lipinski definition) is 1. The molecule has 1 aliphatic rings. The van der Waals surface area contributed by atoms with Crippen LogP contribution in [0, 0.1) is 0 Å². The number of hydrogen-bond acceptors (Lipinski definition) is 4. The molecule has 1 saturated heterocycles. The topological polar surface area (TPSA) is 53.4 Å². The summed E-state index contributed by atoms with van der Waals surface area (Å²) in [5.74, 6) is -0.634. The van der Waals surface area contributed by atoms with Gasteiger partial charge in [0, 0.05) is 51.9 Å².